The van der Waals surface area contributed by atoms with Crippen LogP contribution in [-0.2, 0) is 23.9 Å². The van der Waals surface area contributed by atoms with Crippen LogP contribution in [0.25, 0.3) is 21.6 Å². The first-order valence-corrected chi connectivity index (χ1v) is 17.3. The molecule has 2 aliphatic rings. The van der Waals surface area contributed by atoms with E-state index in [-0.39, 0.29) is 31.4 Å². The maximum absolute atomic E-state index is 14.5. The summed E-state index contributed by atoms with van der Waals surface area (Å²) in [6, 6.07) is 9.19. The van der Waals surface area contributed by atoms with Crippen LogP contribution >= 0.6 is 11.3 Å². The van der Waals surface area contributed by atoms with Gasteiger partial charge in [0.1, 0.15) is 35.0 Å². The van der Waals surface area contributed by atoms with Crippen molar-refractivity contribution in [1.82, 2.24) is 25.5 Å². The van der Waals surface area contributed by atoms with Crippen molar-refractivity contribution < 1.29 is 33.4 Å². The lowest BCUT2D eigenvalue weighted by Gasteiger charge is -2.36. The minimum atomic E-state index is -1.27. The molecule has 0 spiro atoms. The van der Waals surface area contributed by atoms with Crippen molar-refractivity contribution in [3.05, 3.63) is 54.4 Å². The van der Waals surface area contributed by atoms with Gasteiger partial charge in [-0.25, -0.2) is 19.6 Å². The number of hydrogen-bond acceptors (Lipinski definition) is 10. The predicted molar refractivity (Wildman–Crippen MR) is 186 cm³/mol. The molecule has 3 heterocycles. The summed E-state index contributed by atoms with van der Waals surface area (Å²) in [6.45, 7) is 16.3. The Hall–Kier alpha value is -4.52. The van der Waals surface area contributed by atoms with E-state index in [0.29, 0.717) is 23.1 Å². The SMILES string of the molecule is C=C[C@@H]1C[C@]1(NC(=O)[C@@H]1C[C@@H](Oc2nc3ccccc3nc2-c2cccs2)CN1C(=O)[C@@H](NC(=O)OC(C)(C)C)C(C)(C)C)C(=O)OCC. The van der Waals surface area contributed by atoms with Crippen LogP contribution in [0.15, 0.2) is 54.4 Å². The van der Waals surface area contributed by atoms with E-state index >= 15 is 0 Å². The zero-order valence-electron chi connectivity index (χ0n) is 29.1. The molecule has 5 rings (SSSR count). The molecule has 3 aromatic rings. The molecule has 49 heavy (non-hydrogen) atoms. The zero-order valence-corrected chi connectivity index (χ0v) is 29.9. The van der Waals surface area contributed by atoms with Gasteiger partial charge >= 0.3 is 12.1 Å². The van der Waals surface area contributed by atoms with E-state index in [1.807, 2.05) is 62.5 Å². The van der Waals surface area contributed by atoms with E-state index in [4.69, 9.17) is 24.2 Å². The Morgan fingerprint density at radius 1 is 1.08 bits per heavy atom. The number of hydrogen-bond donors (Lipinski definition) is 2. The van der Waals surface area contributed by atoms with Gasteiger partial charge in [-0.2, -0.15) is 0 Å². The first kappa shape index (κ1) is 35.8. The molecule has 1 saturated carbocycles. The Morgan fingerprint density at radius 3 is 2.35 bits per heavy atom. The Morgan fingerprint density at radius 2 is 1.78 bits per heavy atom. The van der Waals surface area contributed by atoms with E-state index in [1.54, 1.807) is 33.8 Å². The van der Waals surface area contributed by atoms with Crippen molar-refractivity contribution in [3.63, 3.8) is 0 Å². The van der Waals surface area contributed by atoms with Crippen LogP contribution in [0.1, 0.15) is 61.3 Å². The summed E-state index contributed by atoms with van der Waals surface area (Å²) < 4.78 is 17.3. The monoisotopic (exact) mass is 691 g/mol. The Labute approximate surface area is 290 Å². The second kappa shape index (κ2) is 13.8. The Kier molecular flexibility index (Phi) is 10.1. The smallest absolute Gasteiger partial charge is 0.408 e. The van der Waals surface area contributed by atoms with E-state index in [9.17, 15) is 19.2 Å². The summed E-state index contributed by atoms with van der Waals surface area (Å²) in [6.07, 6.45) is 0.615. The quantitative estimate of drug-likeness (QED) is 0.214. The molecule has 0 radical (unpaired) electrons. The molecule has 1 saturated heterocycles. The number of alkyl carbamates (subject to hydrolysis) is 1. The van der Waals surface area contributed by atoms with Crippen LogP contribution in [0, 0.1) is 11.3 Å². The molecule has 5 atom stereocenters. The number of para-hydroxylation sites is 2. The lowest BCUT2D eigenvalue weighted by molar-refractivity contribution is -0.150. The number of amides is 3. The molecule has 2 fully saturated rings. The minimum absolute atomic E-state index is 0.00911. The second-order valence-corrected chi connectivity index (χ2v) is 15.4. The van der Waals surface area contributed by atoms with Crippen molar-refractivity contribution >= 4 is 46.2 Å². The van der Waals surface area contributed by atoms with Gasteiger partial charge in [-0.05, 0) is 63.1 Å². The Bertz CT molecular complexity index is 1730. The molecule has 1 aliphatic carbocycles. The molecule has 0 bridgehead atoms. The van der Waals surface area contributed by atoms with Gasteiger partial charge in [-0.3, -0.25) is 9.59 Å². The first-order chi connectivity index (χ1) is 23.1. The van der Waals surface area contributed by atoms with Gasteiger partial charge in [0.15, 0.2) is 0 Å². The van der Waals surface area contributed by atoms with Crippen LogP contribution in [0.5, 0.6) is 5.88 Å². The summed E-state index contributed by atoms with van der Waals surface area (Å²) in [5.41, 5.74) is -0.943. The number of aromatic nitrogens is 2. The molecule has 13 heteroatoms. The second-order valence-electron chi connectivity index (χ2n) is 14.5. The molecule has 1 aromatic carbocycles. The topological polar surface area (TPSA) is 149 Å². The van der Waals surface area contributed by atoms with Gasteiger partial charge in [0.25, 0.3) is 0 Å². The number of rotatable bonds is 10. The van der Waals surface area contributed by atoms with E-state index in [1.165, 1.54) is 16.2 Å². The van der Waals surface area contributed by atoms with E-state index in [0.717, 1.165) is 4.88 Å². The van der Waals surface area contributed by atoms with Crippen LogP contribution in [0.3, 0.4) is 0 Å². The molecule has 0 unspecified atom stereocenters. The molecule has 12 nitrogen and oxygen atoms in total. The summed E-state index contributed by atoms with van der Waals surface area (Å²) in [7, 11) is 0. The summed E-state index contributed by atoms with van der Waals surface area (Å²) in [4.78, 5) is 66.5. The van der Waals surface area contributed by atoms with Crippen LogP contribution in [-0.4, -0.2) is 81.2 Å². The number of thiophene rings is 1. The maximum Gasteiger partial charge on any atom is 0.408 e. The van der Waals surface area contributed by atoms with Gasteiger partial charge in [0.2, 0.25) is 17.7 Å². The minimum Gasteiger partial charge on any atom is -0.471 e. The standard InChI is InChI=1S/C36H45N5O7S/c1-9-21-19-36(21,32(44)46-10-2)40-29(42)25-18-22(20-41(25)31(43)28(34(3,4)5)39-33(45)48-35(6,7)8)47-30-27(26-16-13-17-49-26)37-23-14-11-12-15-24(23)38-30/h9,11-17,21-22,25,28H,1,10,18-20H2,2-8H3,(H,39,45)(H,40,42)/t21-,22-,25+,28-,36-/m1/s1. The average molecular weight is 692 g/mol. The lowest BCUT2D eigenvalue weighted by Crippen LogP contribution is -2.59. The van der Waals surface area contributed by atoms with E-state index < -0.39 is 58.6 Å². The predicted octanol–water partition coefficient (Wildman–Crippen LogP) is 5.27. The number of esters is 1. The highest BCUT2D eigenvalue weighted by Crippen LogP contribution is 2.46. The van der Waals surface area contributed by atoms with Gasteiger partial charge in [-0.1, -0.05) is 45.0 Å². The van der Waals surface area contributed by atoms with Gasteiger partial charge in [-0.15, -0.1) is 17.9 Å². The van der Waals surface area contributed by atoms with Crippen molar-refractivity contribution in [1.29, 1.82) is 0 Å². The highest BCUT2D eigenvalue weighted by molar-refractivity contribution is 7.13. The molecule has 2 N–H and O–H groups in total. The Balaban J connectivity index is 1.49. The number of ether oxygens (including phenoxy) is 3. The molecule has 262 valence electrons. The van der Waals surface area contributed by atoms with Crippen molar-refractivity contribution in [2.45, 2.75) is 90.6 Å². The normalized spacial score (nSPS) is 22.6. The fourth-order valence-corrected chi connectivity index (χ4v) is 6.68. The summed E-state index contributed by atoms with van der Waals surface area (Å²) in [5.74, 6) is -1.62. The van der Waals surface area contributed by atoms with Gasteiger partial charge in [0, 0.05) is 12.3 Å². The summed E-state index contributed by atoms with van der Waals surface area (Å²) >= 11 is 1.49. The number of carbonyl (C=O) groups is 4. The van der Waals surface area contributed by atoms with Crippen LogP contribution in [0.2, 0.25) is 0 Å². The third kappa shape index (κ3) is 7.87. The highest BCUT2D eigenvalue weighted by Gasteiger charge is 2.62. The first-order valence-electron chi connectivity index (χ1n) is 16.5. The number of fused-ring (bicyclic) bond motifs is 1. The zero-order chi connectivity index (χ0) is 35.7. The van der Waals surface area contributed by atoms with Crippen molar-refractivity contribution in [2.24, 2.45) is 11.3 Å². The summed E-state index contributed by atoms with van der Waals surface area (Å²) in [5, 5.41) is 7.57. The fraction of sp³-hybridized carbons (Fsp3) is 0.500. The lowest BCUT2D eigenvalue weighted by atomic mass is 9.85. The van der Waals surface area contributed by atoms with Crippen LogP contribution in [0.4, 0.5) is 4.79 Å². The highest BCUT2D eigenvalue weighted by atomic mass is 32.1. The number of nitrogens with one attached hydrogen (secondary N) is 2. The average Bonchev–Trinajstić information content (AvgIpc) is 3.32. The molecule has 1 aliphatic heterocycles. The largest absolute Gasteiger partial charge is 0.471 e. The van der Waals surface area contributed by atoms with Crippen molar-refractivity contribution in [2.75, 3.05) is 13.2 Å². The molecule has 2 aromatic heterocycles. The fourth-order valence-electron chi connectivity index (χ4n) is 5.98. The number of likely N-dealkylation sites (tertiary alicyclic amines) is 1. The number of carbonyl (C=O) groups excluding carboxylic acids is 4. The van der Waals surface area contributed by atoms with Gasteiger partial charge < -0.3 is 29.7 Å². The molecular weight excluding hydrogens is 646 g/mol. The number of nitrogens with zero attached hydrogens (tertiary/aromatic N) is 3. The molecule has 3 amide bonds. The third-order valence-corrected chi connectivity index (χ3v) is 9.36. The number of benzene rings is 1. The maximum atomic E-state index is 14.5. The van der Waals surface area contributed by atoms with Crippen LogP contribution < -0.4 is 15.4 Å². The molecular formula is C36H45N5O7S. The van der Waals surface area contributed by atoms with Crippen molar-refractivity contribution in [3.8, 4) is 16.5 Å². The third-order valence-electron chi connectivity index (χ3n) is 8.48. The van der Waals surface area contributed by atoms with Gasteiger partial charge in [0.05, 0.1) is 29.1 Å². The van der Waals surface area contributed by atoms with E-state index in [2.05, 4.69) is 17.2 Å².